The van der Waals surface area contributed by atoms with Gasteiger partial charge in [-0.3, -0.25) is 9.54 Å². The van der Waals surface area contributed by atoms with Crippen LogP contribution in [0.3, 0.4) is 0 Å². The monoisotopic (exact) mass is 355 g/mol. The van der Waals surface area contributed by atoms with Crippen molar-refractivity contribution in [3.8, 4) is 11.1 Å². The highest BCUT2D eigenvalue weighted by Crippen LogP contribution is 2.26. The van der Waals surface area contributed by atoms with Crippen molar-refractivity contribution < 1.29 is 26.1 Å². The van der Waals surface area contributed by atoms with Gasteiger partial charge in [-0.05, 0) is 23.3 Å². The third-order valence-corrected chi connectivity index (χ3v) is 3.61. The van der Waals surface area contributed by atoms with Gasteiger partial charge in [0.2, 0.25) is 0 Å². The van der Waals surface area contributed by atoms with Gasteiger partial charge in [0.1, 0.15) is 0 Å². The fraction of sp³-hybridized carbons (Fsp3) is 0.0625. The molecule has 0 aliphatic heterocycles. The summed E-state index contributed by atoms with van der Waals surface area (Å²) in [5.41, 5.74) is -2.01. The molecule has 8 heteroatoms. The van der Waals surface area contributed by atoms with Crippen LogP contribution in [-0.2, 0) is 10.1 Å². The van der Waals surface area contributed by atoms with E-state index in [0.29, 0.717) is 0 Å². The van der Waals surface area contributed by atoms with Crippen molar-refractivity contribution in [1.82, 2.24) is 4.98 Å². The smallest absolute Gasteiger partial charge is 0.279 e. The number of halogens is 3. The molecular weight excluding hydrogens is 343 g/mol. The quantitative estimate of drug-likeness (QED) is 0.522. The van der Waals surface area contributed by atoms with E-state index >= 15 is 0 Å². The second-order valence-electron chi connectivity index (χ2n) is 4.66. The Balaban J connectivity index is 0.000000224. The summed E-state index contributed by atoms with van der Waals surface area (Å²) in [4.78, 5) is 4.37. The highest BCUT2D eigenvalue weighted by molar-refractivity contribution is 7.86. The summed E-state index contributed by atoms with van der Waals surface area (Å²) in [6.07, 6.45) is 1.83. The number of hydrogen-bond acceptors (Lipinski definition) is 3. The zero-order valence-corrected chi connectivity index (χ0v) is 12.9. The Kier molecular flexibility index (Phi) is 5.20. The van der Waals surface area contributed by atoms with E-state index in [-0.39, 0.29) is 0 Å². The molecule has 0 aliphatic carbocycles. The average Bonchev–Trinajstić information content (AvgIpc) is 2.54. The van der Waals surface area contributed by atoms with Gasteiger partial charge in [0.25, 0.3) is 0 Å². The first kappa shape index (κ1) is 17.9. The number of nitrogens with zero attached hydrogens (tertiary/aromatic N) is 1. The molecule has 4 nitrogen and oxygen atoms in total. The summed E-state index contributed by atoms with van der Waals surface area (Å²) in [7, 11) is -5.84. The number of aromatic nitrogens is 1. The van der Waals surface area contributed by atoms with Crippen LogP contribution in [0.15, 0.2) is 66.9 Å². The van der Waals surface area contributed by atoms with Crippen LogP contribution in [0.1, 0.15) is 0 Å². The minimum absolute atomic E-state index is 1.05. The largest absolute Gasteiger partial charge is 0.522 e. The minimum atomic E-state index is -5.84. The molecule has 1 aromatic heterocycles. The highest BCUT2D eigenvalue weighted by atomic mass is 32.2. The summed E-state index contributed by atoms with van der Waals surface area (Å²) in [6, 6.07) is 20.7. The topological polar surface area (TPSA) is 67.3 Å². The third-order valence-electron chi connectivity index (χ3n) is 3.02. The van der Waals surface area contributed by atoms with Gasteiger partial charge in [-0.15, -0.1) is 0 Å². The van der Waals surface area contributed by atoms with E-state index in [1.165, 1.54) is 16.5 Å². The lowest BCUT2D eigenvalue weighted by Gasteiger charge is -2.05. The number of rotatable bonds is 1. The molecule has 0 saturated carbocycles. The molecule has 126 valence electrons. The molecule has 0 unspecified atom stereocenters. The van der Waals surface area contributed by atoms with E-state index in [1.807, 2.05) is 24.4 Å². The predicted octanol–water partition coefficient (Wildman–Crippen LogP) is 4.30. The second-order valence-corrected chi connectivity index (χ2v) is 6.08. The molecule has 1 heterocycles. The van der Waals surface area contributed by atoms with Crippen molar-refractivity contribution in [2.75, 3.05) is 0 Å². The van der Waals surface area contributed by atoms with Crippen LogP contribution in [0.25, 0.3) is 22.0 Å². The Morgan fingerprint density at radius 3 is 2.08 bits per heavy atom. The van der Waals surface area contributed by atoms with Gasteiger partial charge in [0, 0.05) is 11.6 Å². The zero-order chi connectivity index (χ0) is 17.8. The first-order chi connectivity index (χ1) is 11.2. The summed E-state index contributed by atoms with van der Waals surface area (Å²) < 4.78 is 57.5. The van der Waals surface area contributed by atoms with Crippen LogP contribution in [0.5, 0.6) is 0 Å². The van der Waals surface area contributed by atoms with Crippen LogP contribution in [0, 0.1) is 0 Å². The number of benzene rings is 2. The second kappa shape index (κ2) is 6.98. The Morgan fingerprint density at radius 2 is 1.50 bits per heavy atom. The Bertz CT molecular complexity index is 921. The maximum Gasteiger partial charge on any atom is 0.522 e. The van der Waals surface area contributed by atoms with Crippen molar-refractivity contribution in [1.29, 1.82) is 0 Å². The minimum Gasteiger partial charge on any atom is -0.279 e. The maximum absolute atomic E-state index is 10.7. The number of fused-ring (bicyclic) bond motifs is 1. The van der Waals surface area contributed by atoms with Crippen LogP contribution in [0.4, 0.5) is 13.2 Å². The molecule has 0 amide bonds. The lowest BCUT2D eigenvalue weighted by molar-refractivity contribution is -0.0510. The summed E-state index contributed by atoms with van der Waals surface area (Å²) >= 11 is 0. The molecule has 2 aromatic carbocycles. The number of pyridine rings is 1. The fourth-order valence-corrected chi connectivity index (χ4v) is 1.97. The molecule has 3 aromatic rings. The van der Waals surface area contributed by atoms with E-state index in [2.05, 4.69) is 47.4 Å². The maximum atomic E-state index is 10.7. The highest BCUT2D eigenvalue weighted by Gasteiger charge is 2.44. The van der Waals surface area contributed by atoms with Gasteiger partial charge in [-0.2, -0.15) is 21.6 Å². The first-order valence-electron chi connectivity index (χ1n) is 6.63. The zero-order valence-electron chi connectivity index (χ0n) is 12.1. The Hall–Kier alpha value is -2.45. The first-order valence-corrected chi connectivity index (χ1v) is 8.07. The van der Waals surface area contributed by atoms with Crippen molar-refractivity contribution >= 4 is 21.0 Å². The van der Waals surface area contributed by atoms with Crippen LogP contribution in [0.2, 0.25) is 0 Å². The van der Waals surface area contributed by atoms with Crippen molar-refractivity contribution in [2.45, 2.75) is 5.51 Å². The SMILES string of the molecule is O=S(=O)(O)C(F)(F)F.c1ccc(-c2cccc3ncccc23)cc1. The lowest BCUT2D eigenvalue weighted by atomic mass is 10.0. The van der Waals surface area contributed by atoms with E-state index in [4.69, 9.17) is 13.0 Å². The van der Waals surface area contributed by atoms with E-state index < -0.39 is 15.6 Å². The van der Waals surface area contributed by atoms with E-state index in [9.17, 15) is 13.2 Å². The molecule has 1 N–H and O–H groups in total. The van der Waals surface area contributed by atoms with E-state index in [1.54, 1.807) is 0 Å². The molecule has 0 atom stereocenters. The van der Waals surface area contributed by atoms with Gasteiger partial charge in [-0.1, -0.05) is 48.5 Å². The molecule has 0 radical (unpaired) electrons. The predicted molar refractivity (Wildman–Crippen MR) is 84.8 cm³/mol. The van der Waals surface area contributed by atoms with E-state index in [0.717, 1.165) is 5.52 Å². The molecule has 0 aliphatic rings. The normalized spacial score (nSPS) is 11.7. The van der Waals surface area contributed by atoms with Crippen LogP contribution < -0.4 is 0 Å². The Labute approximate surface area is 136 Å². The molecule has 0 bridgehead atoms. The summed E-state index contributed by atoms with van der Waals surface area (Å²) in [6.45, 7) is 0. The van der Waals surface area contributed by atoms with Gasteiger partial charge in [-0.25, -0.2) is 0 Å². The average molecular weight is 355 g/mol. The van der Waals surface area contributed by atoms with Gasteiger partial charge in [0.05, 0.1) is 5.52 Å². The van der Waals surface area contributed by atoms with Crippen LogP contribution >= 0.6 is 0 Å². The molecule has 3 rings (SSSR count). The molecule has 0 saturated heterocycles. The lowest BCUT2D eigenvalue weighted by Crippen LogP contribution is -2.21. The standard InChI is InChI=1S/C15H11N.CHF3O3S/c1-2-6-12(7-3-1)13-8-4-10-15-14(13)9-5-11-16-15;2-1(3,4)8(5,6)7/h1-11H;(H,5,6,7). The van der Waals surface area contributed by atoms with Gasteiger partial charge >= 0.3 is 15.6 Å². The third kappa shape index (κ3) is 4.30. The van der Waals surface area contributed by atoms with Gasteiger partial charge in [0.15, 0.2) is 0 Å². The van der Waals surface area contributed by atoms with Crippen molar-refractivity contribution in [3.05, 3.63) is 66.9 Å². The molecule has 0 fully saturated rings. The number of alkyl halides is 3. The molecule has 24 heavy (non-hydrogen) atoms. The van der Waals surface area contributed by atoms with Crippen molar-refractivity contribution in [3.63, 3.8) is 0 Å². The molecule has 0 spiro atoms. The van der Waals surface area contributed by atoms with Crippen LogP contribution in [-0.4, -0.2) is 23.5 Å². The molecular formula is C16H12F3NO3S. The Morgan fingerprint density at radius 1 is 0.875 bits per heavy atom. The fourth-order valence-electron chi connectivity index (χ4n) is 1.97. The number of hydrogen-bond donors (Lipinski definition) is 1. The summed E-state index contributed by atoms with van der Waals surface area (Å²) in [5, 5.41) is 1.20. The summed E-state index contributed by atoms with van der Waals surface area (Å²) in [5.74, 6) is 0. The van der Waals surface area contributed by atoms with Crippen molar-refractivity contribution in [2.24, 2.45) is 0 Å². The van der Waals surface area contributed by atoms with Gasteiger partial charge < -0.3 is 0 Å².